The van der Waals surface area contributed by atoms with Gasteiger partial charge in [0.05, 0.1) is 5.66 Å². The Kier molecular flexibility index (Phi) is 3.07. The first-order valence-corrected chi connectivity index (χ1v) is 5.15. The van der Waals surface area contributed by atoms with Crippen molar-refractivity contribution in [2.75, 3.05) is 5.32 Å². The molecule has 0 bridgehead atoms. The largest absolute Gasteiger partial charge is 0.368 e. The Bertz CT molecular complexity index is 314. The molecule has 0 saturated carbocycles. The highest BCUT2D eigenvalue weighted by Gasteiger charge is 2.14. The Morgan fingerprint density at radius 2 is 1.40 bits per heavy atom. The van der Waals surface area contributed by atoms with Crippen molar-refractivity contribution in [2.24, 2.45) is 11.5 Å². The summed E-state index contributed by atoms with van der Waals surface area (Å²) in [7, 11) is 0. The lowest BCUT2D eigenvalue weighted by Crippen LogP contribution is -2.40. The first-order chi connectivity index (χ1) is 6.68. The molecule has 15 heavy (non-hydrogen) atoms. The number of benzene rings is 1. The third-order valence-electron chi connectivity index (χ3n) is 2.10. The van der Waals surface area contributed by atoms with Crippen LogP contribution >= 0.6 is 0 Å². The fourth-order valence-electron chi connectivity index (χ4n) is 1.36. The topological polar surface area (TPSA) is 64.1 Å². The lowest BCUT2D eigenvalue weighted by Gasteiger charge is -2.23. The molecule has 5 N–H and O–H groups in total. The highest BCUT2D eigenvalue weighted by Crippen LogP contribution is 2.20. The molecule has 1 rings (SSSR count). The first kappa shape index (κ1) is 12.0. The highest BCUT2D eigenvalue weighted by atomic mass is 15.1. The molecule has 0 spiro atoms. The molecular formula is C12H21N3. The van der Waals surface area contributed by atoms with Crippen LogP contribution in [0.15, 0.2) is 24.3 Å². The van der Waals surface area contributed by atoms with Crippen molar-refractivity contribution in [3.8, 4) is 0 Å². The van der Waals surface area contributed by atoms with E-state index in [2.05, 4.69) is 5.32 Å². The monoisotopic (exact) mass is 207 g/mol. The summed E-state index contributed by atoms with van der Waals surface area (Å²) < 4.78 is 0. The van der Waals surface area contributed by atoms with Crippen LogP contribution in [0.25, 0.3) is 0 Å². The van der Waals surface area contributed by atoms with Gasteiger partial charge in [-0.3, -0.25) is 0 Å². The van der Waals surface area contributed by atoms with Gasteiger partial charge in [0.15, 0.2) is 0 Å². The fraction of sp³-hybridized carbons (Fsp3) is 0.500. The van der Waals surface area contributed by atoms with Crippen LogP contribution in [0.3, 0.4) is 0 Å². The number of hydrogen-bond donors (Lipinski definition) is 3. The molecule has 0 aliphatic rings. The summed E-state index contributed by atoms with van der Waals surface area (Å²) in [6, 6.07) is 8.04. The van der Waals surface area contributed by atoms with E-state index in [1.807, 2.05) is 52.0 Å². The summed E-state index contributed by atoms with van der Waals surface area (Å²) in [6.07, 6.45) is 0. The Hall–Kier alpha value is -1.06. The third kappa shape index (κ3) is 3.90. The predicted molar refractivity (Wildman–Crippen MR) is 65.5 cm³/mol. The zero-order valence-electron chi connectivity index (χ0n) is 9.96. The Morgan fingerprint density at radius 1 is 0.933 bits per heavy atom. The van der Waals surface area contributed by atoms with Crippen LogP contribution in [-0.2, 0) is 5.54 Å². The van der Waals surface area contributed by atoms with Crippen molar-refractivity contribution in [3.63, 3.8) is 0 Å². The molecule has 0 amide bonds. The fourth-order valence-corrected chi connectivity index (χ4v) is 1.36. The van der Waals surface area contributed by atoms with Crippen molar-refractivity contribution < 1.29 is 0 Å². The lowest BCUT2D eigenvalue weighted by molar-refractivity contribution is 0.554. The highest BCUT2D eigenvalue weighted by molar-refractivity contribution is 5.47. The minimum Gasteiger partial charge on any atom is -0.368 e. The van der Waals surface area contributed by atoms with E-state index in [9.17, 15) is 0 Å². The first-order valence-electron chi connectivity index (χ1n) is 5.15. The van der Waals surface area contributed by atoms with E-state index in [-0.39, 0.29) is 5.54 Å². The summed E-state index contributed by atoms with van der Waals surface area (Å²) in [6.45, 7) is 7.83. The van der Waals surface area contributed by atoms with Crippen molar-refractivity contribution in [1.29, 1.82) is 0 Å². The predicted octanol–water partition coefficient (Wildman–Crippen LogP) is 1.99. The molecule has 0 unspecified atom stereocenters. The van der Waals surface area contributed by atoms with Crippen molar-refractivity contribution in [2.45, 2.75) is 38.9 Å². The molecule has 0 saturated heterocycles. The second kappa shape index (κ2) is 3.83. The molecule has 0 fully saturated rings. The molecule has 0 atom stereocenters. The van der Waals surface area contributed by atoms with E-state index in [1.165, 1.54) is 0 Å². The van der Waals surface area contributed by atoms with Gasteiger partial charge in [-0.05, 0) is 45.4 Å². The molecule has 3 heteroatoms. The Balaban J connectivity index is 2.82. The normalized spacial score (nSPS) is 12.7. The van der Waals surface area contributed by atoms with Crippen LogP contribution in [0.2, 0.25) is 0 Å². The maximum absolute atomic E-state index is 5.99. The van der Waals surface area contributed by atoms with E-state index in [4.69, 9.17) is 11.5 Å². The molecule has 0 heterocycles. The second-order valence-corrected chi connectivity index (χ2v) is 5.15. The van der Waals surface area contributed by atoms with Gasteiger partial charge in [0.2, 0.25) is 0 Å². The number of nitrogens with one attached hydrogen (secondary N) is 1. The number of nitrogens with two attached hydrogens (primary N) is 2. The molecule has 1 aromatic carbocycles. The summed E-state index contributed by atoms with van der Waals surface area (Å²) in [5.41, 5.74) is 13.3. The number of hydrogen-bond acceptors (Lipinski definition) is 3. The van der Waals surface area contributed by atoms with Crippen LogP contribution in [0.5, 0.6) is 0 Å². The maximum Gasteiger partial charge on any atom is 0.0798 e. The zero-order valence-corrected chi connectivity index (χ0v) is 9.96. The smallest absolute Gasteiger partial charge is 0.0798 e. The average molecular weight is 207 g/mol. The standard InChI is InChI=1S/C12H21N3/c1-11(2,13)9-5-7-10(8-6-9)15-12(3,4)14/h5-8,15H,13-14H2,1-4H3. The van der Waals surface area contributed by atoms with Gasteiger partial charge in [0.25, 0.3) is 0 Å². The quantitative estimate of drug-likeness (QED) is 0.664. The van der Waals surface area contributed by atoms with Crippen LogP contribution in [0, 0.1) is 0 Å². The third-order valence-corrected chi connectivity index (χ3v) is 2.10. The number of rotatable bonds is 3. The Morgan fingerprint density at radius 3 is 1.73 bits per heavy atom. The average Bonchev–Trinajstić information content (AvgIpc) is 2.00. The minimum atomic E-state index is -0.403. The van der Waals surface area contributed by atoms with Crippen LogP contribution in [0.1, 0.15) is 33.3 Å². The molecule has 3 nitrogen and oxygen atoms in total. The summed E-state index contributed by atoms with van der Waals surface area (Å²) in [5.74, 6) is 0. The molecular weight excluding hydrogens is 186 g/mol. The van der Waals surface area contributed by atoms with Gasteiger partial charge in [0.1, 0.15) is 0 Å². The summed E-state index contributed by atoms with van der Waals surface area (Å²) >= 11 is 0. The van der Waals surface area contributed by atoms with E-state index in [0.29, 0.717) is 0 Å². The molecule has 0 aliphatic heterocycles. The van der Waals surface area contributed by atoms with Crippen molar-refractivity contribution in [3.05, 3.63) is 29.8 Å². The summed E-state index contributed by atoms with van der Waals surface area (Å²) in [4.78, 5) is 0. The zero-order chi connectivity index (χ0) is 11.7. The number of anilines is 1. The van der Waals surface area contributed by atoms with Gasteiger partial charge in [-0.1, -0.05) is 12.1 Å². The van der Waals surface area contributed by atoms with E-state index in [1.54, 1.807) is 0 Å². The van der Waals surface area contributed by atoms with Crippen molar-refractivity contribution >= 4 is 5.69 Å². The second-order valence-electron chi connectivity index (χ2n) is 5.15. The lowest BCUT2D eigenvalue weighted by atomic mass is 9.95. The molecule has 1 aromatic rings. The van der Waals surface area contributed by atoms with Gasteiger partial charge in [0, 0.05) is 11.2 Å². The van der Waals surface area contributed by atoms with Gasteiger partial charge in [-0.15, -0.1) is 0 Å². The van der Waals surface area contributed by atoms with Crippen LogP contribution in [0.4, 0.5) is 5.69 Å². The molecule has 84 valence electrons. The van der Waals surface area contributed by atoms with Gasteiger partial charge < -0.3 is 16.8 Å². The van der Waals surface area contributed by atoms with Gasteiger partial charge >= 0.3 is 0 Å². The van der Waals surface area contributed by atoms with E-state index >= 15 is 0 Å². The van der Waals surface area contributed by atoms with Gasteiger partial charge in [-0.25, -0.2) is 0 Å². The van der Waals surface area contributed by atoms with Crippen LogP contribution < -0.4 is 16.8 Å². The Labute approximate surface area is 91.9 Å². The van der Waals surface area contributed by atoms with E-state index in [0.717, 1.165) is 11.3 Å². The minimum absolute atomic E-state index is 0.295. The summed E-state index contributed by atoms with van der Waals surface area (Å²) in [5, 5.41) is 3.20. The van der Waals surface area contributed by atoms with Crippen molar-refractivity contribution in [1.82, 2.24) is 0 Å². The van der Waals surface area contributed by atoms with Gasteiger partial charge in [-0.2, -0.15) is 0 Å². The van der Waals surface area contributed by atoms with Crippen LogP contribution in [-0.4, -0.2) is 5.66 Å². The molecule has 0 radical (unpaired) electrons. The SMILES string of the molecule is CC(C)(N)Nc1ccc(C(C)(C)N)cc1. The molecule has 0 aromatic heterocycles. The molecule has 0 aliphatic carbocycles. The van der Waals surface area contributed by atoms with E-state index < -0.39 is 5.66 Å². The maximum atomic E-state index is 5.99.